The highest BCUT2D eigenvalue weighted by molar-refractivity contribution is 5.99. The molecule has 2 rings (SSSR count). The van der Waals surface area contributed by atoms with Crippen molar-refractivity contribution in [3.8, 4) is 0 Å². The average molecular weight is 248 g/mol. The van der Waals surface area contributed by atoms with Crippen LogP contribution >= 0.6 is 0 Å². The summed E-state index contributed by atoms with van der Waals surface area (Å²) < 4.78 is 0. The van der Waals surface area contributed by atoms with Crippen LogP contribution in [0.3, 0.4) is 0 Å². The Labute approximate surface area is 103 Å². The number of amides is 2. The number of carbonyl (C=O) groups excluding carboxylic acids is 2. The van der Waals surface area contributed by atoms with Gasteiger partial charge in [0.1, 0.15) is 0 Å². The van der Waals surface area contributed by atoms with E-state index in [1.165, 1.54) is 12.1 Å². The van der Waals surface area contributed by atoms with Crippen LogP contribution in [0.5, 0.6) is 0 Å². The first kappa shape index (κ1) is 12.1. The van der Waals surface area contributed by atoms with Gasteiger partial charge in [0.2, 0.25) is 11.8 Å². The number of carboxylic acid groups (broad SMARTS) is 1. The first-order valence-electron chi connectivity index (χ1n) is 5.42. The van der Waals surface area contributed by atoms with E-state index in [-0.39, 0.29) is 5.91 Å². The van der Waals surface area contributed by atoms with Gasteiger partial charge in [-0.05, 0) is 30.7 Å². The molecule has 0 saturated heterocycles. The summed E-state index contributed by atoms with van der Waals surface area (Å²) in [6, 6.07) is 6.10. The minimum atomic E-state index is -0.945. The average Bonchev–Trinajstić information content (AvgIpc) is 3.09. The van der Waals surface area contributed by atoms with E-state index >= 15 is 0 Å². The van der Waals surface area contributed by atoms with Crippen LogP contribution in [-0.4, -0.2) is 22.9 Å². The van der Waals surface area contributed by atoms with Crippen LogP contribution in [0, 0.1) is 11.8 Å². The Balaban J connectivity index is 1.96. The molecule has 0 unspecified atom stereocenters. The molecule has 2 atom stereocenters. The predicted octanol–water partition coefficient (Wildman–Crippen LogP) is 0.445. The predicted molar refractivity (Wildman–Crippen MR) is 62.8 cm³/mol. The Kier molecular flexibility index (Phi) is 3.01. The third kappa shape index (κ3) is 2.48. The lowest BCUT2D eigenvalue weighted by Gasteiger charge is -2.04. The Bertz CT molecular complexity index is 509. The van der Waals surface area contributed by atoms with Crippen LogP contribution in [0.25, 0.3) is 0 Å². The summed E-state index contributed by atoms with van der Waals surface area (Å²) in [5, 5.41) is 11.3. The van der Waals surface area contributed by atoms with E-state index in [4.69, 9.17) is 10.8 Å². The second-order valence-corrected chi connectivity index (χ2v) is 4.22. The molecule has 1 aromatic rings. The first-order chi connectivity index (χ1) is 8.49. The van der Waals surface area contributed by atoms with Crippen LogP contribution in [0.2, 0.25) is 0 Å². The first-order valence-corrected chi connectivity index (χ1v) is 5.42. The summed E-state index contributed by atoms with van der Waals surface area (Å²) in [4.78, 5) is 33.1. The lowest BCUT2D eigenvalue weighted by atomic mass is 10.2. The van der Waals surface area contributed by atoms with Crippen molar-refractivity contribution in [2.24, 2.45) is 17.6 Å². The number of carbonyl (C=O) groups is 3. The molecule has 0 spiro atoms. The molecular formula is C12H12N2O4. The summed E-state index contributed by atoms with van der Waals surface area (Å²) in [7, 11) is 0. The second kappa shape index (κ2) is 4.48. The Morgan fingerprint density at radius 2 is 1.78 bits per heavy atom. The summed E-state index contributed by atoms with van der Waals surface area (Å²) >= 11 is 0. The van der Waals surface area contributed by atoms with Gasteiger partial charge in [0.05, 0.1) is 11.8 Å². The van der Waals surface area contributed by atoms with Crippen molar-refractivity contribution in [3.05, 3.63) is 29.8 Å². The fourth-order valence-electron chi connectivity index (χ4n) is 1.71. The largest absolute Gasteiger partial charge is 0.481 e. The van der Waals surface area contributed by atoms with Gasteiger partial charge in [-0.3, -0.25) is 14.4 Å². The van der Waals surface area contributed by atoms with E-state index in [0.717, 1.165) is 0 Å². The van der Waals surface area contributed by atoms with Crippen molar-refractivity contribution in [1.29, 1.82) is 0 Å². The SMILES string of the molecule is NC(=O)c1ccc(NC(=O)[C@@H]2C[C@H]2C(=O)O)cc1. The fourth-order valence-corrected chi connectivity index (χ4v) is 1.71. The van der Waals surface area contributed by atoms with Gasteiger partial charge < -0.3 is 16.2 Å². The maximum Gasteiger partial charge on any atom is 0.307 e. The molecule has 1 aliphatic rings. The second-order valence-electron chi connectivity index (χ2n) is 4.22. The normalized spacial score (nSPS) is 21.1. The number of hydrogen-bond donors (Lipinski definition) is 3. The highest BCUT2D eigenvalue weighted by atomic mass is 16.4. The molecule has 6 heteroatoms. The van der Waals surface area contributed by atoms with E-state index in [1.807, 2.05) is 0 Å². The molecule has 6 nitrogen and oxygen atoms in total. The molecule has 94 valence electrons. The monoisotopic (exact) mass is 248 g/mol. The number of primary amides is 1. The minimum absolute atomic E-state index is 0.311. The van der Waals surface area contributed by atoms with E-state index in [0.29, 0.717) is 17.7 Å². The smallest absolute Gasteiger partial charge is 0.307 e. The van der Waals surface area contributed by atoms with Crippen molar-refractivity contribution in [2.75, 3.05) is 5.32 Å². The van der Waals surface area contributed by atoms with Crippen molar-refractivity contribution in [3.63, 3.8) is 0 Å². The number of anilines is 1. The molecule has 0 bridgehead atoms. The number of nitrogens with one attached hydrogen (secondary N) is 1. The van der Waals surface area contributed by atoms with Crippen LogP contribution in [-0.2, 0) is 9.59 Å². The fraction of sp³-hybridized carbons (Fsp3) is 0.250. The Hall–Kier alpha value is -2.37. The van der Waals surface area contributed by atoms with Crippen molar-refractivity contribution < 1.29 is 19.5 Å². The summed E-state index contributed by atoms with van der Waals surface area (Å²) in [6.45, 7) is 0. The van der Waals surface area contributed by atoms with Crippen LogP contribution in [0.4, 0.5) is 5.69 Å². The molecule has 1 saturated carbocycles. The van der Waals surface area contributed by atoms with Crippen LogP contribution in [0.15, 0.2) is 24.3 Å². The number of nitrogens with two attached hydrogens (primary N) is 1. The number of aliphatic carboxylic acids is 1. The van der Waals surface area contributed by atoms with Gasteiger partial charge in [0, 0.05) is 11.3 Å². The minimum Gasteiger partial charge on any atom is -0.481 e. The topological polar surface area (TPSA) is 109 Å². The zero-order valence-corrected chi connectivity index (χ0v) is 9.42. The van der Waals surface area contributed by atoms with E-state index < -0.39 is 23.7 Å². The van der Waals surface area contributed by atoms with Gasteiger partial charge in [0.25, 0.3) is 0 Å². The quantitative estimate of drug-likeness (QED) is 0.718. The van der Waals surface area contributed by atoms with Gasteiger partial charge in [-0.2, -0.15) is 0 Å². The van der Waals surface area contributed by atoms with Crippen molar-refractivity contribution >= 4 is 23.5 Å². The van der Waals surface area contributed by atoms with Gasteiger partial charge in [0.15, 0.2) is 0 Å². The summed E-state index contributed by atoms with van der Waals surface area (Å²) in [6.07, 6.45) is 0.376. The molecule has 1 aromatic carbocycles. The summed E-state index contributed by atoms with van der Waals surface area (Å²) in [5.41, 5.74) is 5.95. The van der Waals surface area contributed by atoms with Gasteiger partial charge in [-0.15, -0.1) is 0 Å². The zero-order valence-electron chi connectivity index (χ0n) is 9.42. The third-order valence-corrected chi connectivity index (χ3v) is 2.88. The molecule has 0 heterocycles. The molecule has 0 radical (unpaired) electrons. The van der Waals surface area contributed by atoms with E-state index in [1.54, 1.807) is 12.1 Å². The molecule has 18 heavy (non-hydrogen) atoms. The maximum atomic E-state index is 11.6. The number of carboxylic acids is 1. The lowest BCUT2D eigenvalue weighted by Crippen LogP contribution is -2.17. The lowest BCUT2D eigenvalue weighted by molar-refractivity contribution is -0.139. The maximum absolute atomic E-state index is 11.6. The van der Waals surface area contributed by atoms with Crippen LogP contribution < -0.4 is 11.1 Å². The van der Waals surface area contributed by atoms with Gasteiger partial charge in [-0.1, -0.05) is 0 Å². The highest BCUT2D eigenvalue weighted by Gasteiger charge is 2.48. The Morgan fingerprint density at radius 3 is 2.22 bits per heavy atom. The number of hydrogen-bond acceptors (Lipinski definition) is 3. The number of benzene rings is 1. The molecule has 4 N–H and O–H groups in total. The molecule has 0 aliphatic heterocycles. The summed E-state index contributed by atoms with van der Waals surface area (Å²) in [5.74, 6) is -2.83. The zero-order chi connectivity index (χ0) is 13.3. The highest BCUT2D eigenvalue weighted by Crippen LogP contribution is 2.39. The standard InChI is InChI=1S/C12H12N2O4/c13-10(15)6-1-3-7(4-2-6)14-11(16)8-5-9(8)12(17)18/h1-4,8-9H,5H2,(H2,13,15)(H,14,16)(H,17,18)/t8-,9-/m1/s1. The van der Waals surface area contributed by atoms with Crippen molar-refractivity contribution in [1.82, 2.24) is 0 Å². The van der Waals surface area contributed by atoms with E-state index in [9.17, 15) is 14.4 Å². The number of rotatable bonds is 4. The van der Waals surface area contributed by atoms with Gasteiger partial charge in [-0.25, -0.2) is 0 Å². The van der Waals surface area contributed by atoms with Gasteiger partial charge >= 0.3 is 5.97 Å². The third-order valence-electron chi connectivity index (χ3n) is 2.88. The van der Waals surface area contributed by atoms with Crippen LogP contribution in [0.1, 0.15) is 16.8 Å². The molecule has 1 aliphatic carbocycles. The van der Waals surface area contributed by atoms with Crippen molar-refractivity contribution in [2.45, 2.75) is 6.42 Å². The molecule has 2 amide bonds. The molecular weight excluding hydrogens is 236 g/mol. The molecule has 1 fully saturated rings. The molecule has 0 aromatic heterocycles. The Morgan fingerprint density at radius 1 is 1.17 bits per heavy atom. The van der Waals surface area contributed by atoms with E-state index in [2.05, 4.69) is 5.32 Å².